The van der Waals surface area contributed by atoms with E-state index in [0.29, 0.717) is 49.2 Å². The lowest BCUT2D eigenvalue weighted by Gasteiger charge is -2.18. The van der Waals surface area contributed by atoms with E-state index in [2.05, 4.69) is 5.32 Å². The van der Waals surface area contributed by atoms with Crippen molar-refractivity contribution in [3.63, 3.8) is 0 Å². The van der Waals surface area contributed by atoms with Crippen molar-refractivity contribution >= 4 is 5.91 Å². The summed E-state index contributed by atoms with van der Waals surface area (Å²) < 4.78 is 17.0. The first-order chi connectivity index (χ1) is 13.1. The molecule has 0 radical (unpaired) electrons. The molecule has 2 rings (SSSR count). The number of rotatable bonds is 10. The van der Waals surface area contributed by atoms with Gasteiger partial charge in [0.25, 0.3) is 5.91 Å². The summed E-state index contributed by atoms with van der Waals surface area (Å²) in [5, 5.41) is 2.87. The zero-order valence-corrected chi connectivity index (χ0v) is 16.2. The number of nitrogens with one attached hydrogen (secondary N) is 1. The molecule has 0 heterocycles. The summed E-state index contributed by atoms with van der Waals surface area (Å²) in [6.07, 6.45) is 0. The van der Waals surface area contributed by atoms with Crippen molar-refractivity contribution in [1.82, 2.24) is 5.32 Å². The highest BCUT2D eigenvalue weighted by Gasteiger charge is 2.18. The molecular weight excluding hydrogens is 344 g/mol. The van der Waals surface area contributed by atoms with Crippen molar-refractivity contribution in [2.75, 3.05) is 26.4 Å². The maximum atomic E-state index is 12.6. The van der Waals surface area contributed by atoms with E-state index in [-0.39, 0.29) is 11.9 Å². The molecule has 0 aliphatic rings. The van der Waals surface area contributed by atoms with Gasteiger partial charge in [0.2, 0.25) is 5.75 Å². The monoisotopic (exact) mass is 372 g/mol. The van der Waals surface area contributed by atoms with Crippen LogP contribution in [0.1, 0.15) is 42.7 Å². The van der Waals surface area contributed by atoms with Gasteiger partial charge in [-0.25, -0.2) is 0 Å². The number of nitrogens with two attached hydrogens (primary N) is 1. The van der Waals surface area contributed by atoms with E-state index < -0.39 is 0 Å². The Bertz CT molecular complexity index is 707. The first-order valence-electron chi connectivity index (χ1n) is 9.25. The van der Waals surface area contributed by atoms with Gasteiger partial charge < -0.3 is 25.3 Å². The summed E-state index contributed by atoms with van der Waals surface area (Å²) in [6.45, 7) is 7.34. The summed E-state index contributed by atoms with van der Waals surface area (Å²) >= 11 is 0. The van der Waals surface area contributed by atoms with Gasteiger partial charge in [0.15, 0.2) is 11.5 Å². The first-order valence-corrected chi connectivity index (χ1v) is 9.25. The van der Waals surface area contributed by atoms with Crippen LogP contribution in [-0.2, 0) is 0 Å². The van der Waals surface area contributed by atoms with Gasteiger partial charge in [-0.1, -0.05) is 30.3 Å². The summed E-state index contributed by atoms with van der Waals surface area (Å²) in [7, 11) is 0. The Kier molecular flexibility index (Phi) is 7.95. The molecule has 1 unspecified atom stereocenters. The Labute approximate surface area is 160 Å². The molecule has 2 aromatic rings. The fourth-order valence-corrected chi connectivity index (χ4v) is 2.64. The molecule has 1 amide bonds. The van der Waals surface area contributed by atoms with Crippen LogP contribution in [0.15, 0.2) is 42.5 Å². The lowest BCUT2D eigenvalue weighted by Crippen LogP contribution is -2.32. The van der Waals surface area contributed by atoms with Crippen LogP contribution in [0, 0.1) is 0 Å². The van der Waals surface area contributed by atoms with Gasteiger partial charge in [-0.15, -0.1) is 0 Å². The molecule has 3 N–H and O–H groups in total. The number of hydrogen-bond acceptors (Lipinski definition) is 5. The molecule has 0 aliphatic carbocycles. The first kappa shape index (κ1) is 20.6. The maximum absolute atomic E-state index is 12.6. The fourth-order valence-electron chi connectivity index (χ4n) is 2.64. The molecule has 27 heavy (non-hydrogen) atoms. The van der Waals surface area contributed by atoms with Crippen LogP contribution in [0.5, 0.6) is 17.2 Å². The maximum Gasteiger partial charge on any atom is 0.251 e. The average Bonchev–Trinajstić information content (AvgIpc) is 2.69. The van der Waals surface area contributed by atoms with E-state index in [1.54, 1.807) is 12.1 Å². The minimum Gasteiger partial charge on any atom is -0.490 e. The number of carbonyl (C=O) groups is 1. The molecule has 0 spiro atoms. The van der Waals surface area contributed by atoms with E-state index in [9.17, 15) is 4.79 Å². The van der Waals surface area contributed by atoms with Gasteiger partial charge in [0.05, 0.1) is 19.8 Å². The third-order valence-corrected chi connectivity index (χ3v) is 3.88. The molecule has 1 atom stereocenters. The second-order valence-electron chi connectivity index (χ2n) is 5.83. The van der Waals surface area contributed by atoms with Crippen LogP contribution in [0.25, 0.3) is 0 Å². The van der Waals surface area contributed by atoms with Crippen molar-refractivity contribution in [3.8, 4) is 17.2 Å². The molecule has 6 heteroatoms. The molecule has 0 fully saturated rings. The third-order valence-electron chi connectivity index (χ3n) is 3.88. The largest absolute Gasteiger partial charge is 0.490 e. The minimum absolute atomic E-state index is 0.244. The topological polar surface area (TPSA) is 82.8 Å². The van der Waals surface area contributed by atoms with E-state index in [1.807, 2.05) is 51.1 Å². The van der Waals surface area contributed by atoms with Crippen molar-refractivity contribution in [2.45, 2.75) is 26.8 Å². The van der Waals surface area contributed by atoms with Crippen LogP contribution in [0.3, 0.4) is 0 Å². The number of carbonyl (C=O) groups excluding carboxylic acids is 1. The molecule has 0 saturated carbocycles. The summed E-state index contributed by atoms with van der Waals surface area (Å²) in [5.41, 5.74) is 7.56. The van der Waals surface area contributed by atoms with E-state index >= 15 is 0 Å². The summed E-state index contributed by atoms with van der Waals surface area (Å²) in [5.74, 6) is 1.25. The average molecular weight is 372 g/mol. The van der Waals surface area contributed by atoms with Crippen molar-refractivity contribution in [1.29, 1.82) is 0 Å². The molecule has 0 aromatic heterocycles. The van der Waals surface area contributed by atoms with Gasteiger partial charge in [0, 0.05) is 18.2 Å². The number of benzene rings is 2. The second kappa shape index (κ2) is 10.4. The third kappa shape index (κ3) is 5.62. The van der Waals surface area contributed by atoms with E-state index in [0.717, 1.165) is 5.56 Å². The van der Waals surface area contributed by atoms with Crippen molar-refractivity contribution in [3.05, 3.63) is 53.6 Å². The van der Waals surface area contributed by atoms with Crippen LogP contribution in [0.4, 0.5) is 0 Å². The minimum atomic E-state index is -0.282. The fraction of sp³-hybridized carbons (Fsp3) is 0.381. The van der Waals surface area contributed by atoms with Gasteiger partial charge in [-0.3, -0.25) is 4.79 Å². The quantitative estimate of drug-likeness (QED) is 0.668. The molecule has 0 saturated heterocycles. The second-order valence-corrected chi connectivity index (χ2v) is 5.83. The Hall–Kier alpha value is -2.73. The smallest absolute Gasteiger partial charge is 0.251 e. The number of amides is 1. The normalized spacial score (nSPS) is 11.6. The van der Waals surface area contributed by atoms with Gasteiger partial charge in [-0.05, 0) is 38.5 Å². The lowest BCUT2D eigenvalue weighted by atomic mass is 10.1. The summed E-state index contributed by atoms with van der Waals surface area (Å²) in [4.78, 5) is 12.6. The van der Waals surface area contributed by atoms with Gasteiger partial charge >= 0.3 is 0 Å². The SMILES string of the molecule is CCOc1cc(C(=O)NCC(N)c2ccccc2)cc(OCC)c1OCC. The van der Waals surface area contributed by atoms with Gasteiger partial charge in [0.1, 0.15) is 0 Å². The van der Waals surface area contributed by atoms with Crippen LogP contribution in [-0.4, -0.2) is 32.3 Å². The standard InChI is InChI=1S/C21H28N2O4/c1-4-25-18-12-16(13-19(26-5-2)20(18)27-6-3)21(24)23-14-17(22)15-10-8-7-9-11-15/h7-13,17H,4-6,14,22H2,1-3H3,(H,23,24). The van der Waals surface area contributed by atoms with Crippen LogP contribution < -0.4 is 25.3 Å². The van der Waals surface area contributed by atoms with Crippen molar-refractivity contribution < 1.29 is 19.0 Å². The highest BCUT2D eigenvalue weighted by molar-refractivity contribution is 5.95. The van der Waals surface area contributed by atoms with Crippen LogP contribution >= 0.6 is 0 Å². The highest BCUT2D eigenvalue weighted by atomic mass is 16.5. The molecular formula is C21H28N2O4. The number of hydrogen-bond donors (Lipinski definition) is 2. The Balaban J connectivity index is 2.18. The molecule has 6 nitrogen and oxygen atoms in total. The lowest BCUT2D eigenvalue weighted by molar-refractivity contribution is 0.0950. The Morgan fingerprint density at radius 2 is 1.52 bits per heavy atom. The van der Waals surface area contributed by atoms with E-state index in [4.69, 9.17) is 19.9 Å². The predicted octanol–water partition coefficient (Wildman–Crippen LogP) is 3.31. The molecule has 0 bridgehead atoms. The highest BCUT2D eigenvalue weighted by Crippen LogP contribution is 2.39. The van der Waals surface area contributed by atoms with Crippen molar-refractivity contribution in [2.24, 2.45) is 5.73 Å². The van der Waals surface area contributed by atoms with Crippen LogP contribution in [0.2, 0.25) is 0 Å². The molecule has 0 aliphatic heterocycles. The Morgan fingerprint density at radius 3 is 2.04 bits per heavy atom. The molecule has 146 valence electrons. The van der Waals surface area contributed by atoms with E-state index in [1.165, 1.54) is 0 Å². The zero-order valence-electron chi connectivity index (χ0n) is 16.2. The molecule has 2 aromatic carbocycles. The number of ether oxygens (including phenoxy) is 3. The Morgan fingerprint density at radius 1 is 0.963 bits per heavy atom. The predicted molar refractivity (Wildman–Crippen MR) is 106 cm³/mol. The van der Waals surface area contributed by atoms with Gasteiger partial charge in [-0.2, -0.15) is 0 Å². The zero-order chi connectivity index (χ0) is 19.6. The summed E-state index contributed by atoms with van der Waals surface area (Å²) in [6, 6.07) is 12.7.